The lowest BCUT2D eigenvalue weighted by Gasteiger charge is -2.36. The second-order valence-corrected chi connectivity index (χ2v) is 11.3. The standard InChI is InChI=1S/C31H30BrN/c1-17-15-27-25(28-19(3)18(2)20(4)30(28)33(27)32)16-26(17)31(5,6)29-23-13-9-7-11-21(23)22-12-8-10-14-24(22)29/h7-16,29-30H,1-6H3. The molecule has 0 aromatic heterocycles. The Morgan fingerprint density at radius 1 is 0.758 bits per heavy atom. The molecule has 1 unspecified atom stereocenters. The quantitative estimate of drug-likeness (QED) is 0.321. The third kappa shape index (κ3) is 2.65. The van der Waals surface area contributed by atoms with Crippen molar-refractivity contribution in [3.63, 3.8) is 0 Å². The van der Waals surface area contributed by atoms with Gasteiger partial charge in [-0.3, -0.25) is 3.93 Å². The van der Waals surface area contributed by atoms with Crippen LogP contribution in [0.1, 0.15) is 68.4 Å². The minimum absolute atomic E-state index is 0.0539. The summed E-state index contributed by atoms with van der Waals surface area (Å²) < 4.78 is 2.30. The highest BCUT2D eigenvalue weighted by Gasteiger charge is 2.44. The maximum atomic E-state index is 3.92. The van der Waals surface area contributed by atoms with E-state index in [9.17, 15) is 0 Å². The molecule has 0 saturated carbocycles. The first-order valence-electron chi connectivity index (χ1n) is 11.9. The van der Waals surface area contributed by atoms with Gasteiger partial charge in [0.25, 0.3) is 0 Å². The molecule has 3 aromatic carbocycles. The number of benzene rings is 3. The zero-order valence-corrected chi connectivity index (χ0v) is 21.8. The van der Waals surface area contributed by atoms with Gasteiger partial charge in [-0.25, -0.2) is 0 Å². The largest absolute Gasteiger partial charge is 0.297 e. The smallest absolute Gasteiger partial charge is 0.0879 e. The molecule has 0 N–H and O–H groups in total. The zero-order chi connectivity index (χ0) is 23.2. The summed E-state index contributed by atoms with van der Waals surface area (Å²) in [6, 6.07) is 23.2. The molecule has 3 aromatic rings. The highest BCUT2D eigenvalue weighted by molar-refractivity contribution is 9.10. The summed E-state index contributed by atoms with van der Waals surface area (Å²) in [7, 11) is 0. The Bertz CT molecular complexity index is 1360. The van der Waals surface area contributed by atoms with Gasteiger partial charge < -0.3 is 0 Å². The van der Waals surface area contributed by atoms with Gasteiger partial charge in [-0.05, 0) is 95.5 Å². The van der Waals surface area contributed by atoms with Crippen molar-refractivity contribution >= 4 is 27.4 Å². The van der Waals surface area contributed by atoms with E-state index in [-0.39, 0.29) is 5.41 Å². The van der Waals surface area contributed by atoms with Crippen molar-refractivity contribution in [1.82, 2.24) is 0 Å². The molecule has 1 atom stereocenters. The Kier molecular flexibility index (Phi) is 4.43. The molecule has 1 nitrogen and oxygen atoms in total. The molecule has 33 heavy (non-hydrogen) atoms. The van der Waals surface area contributed by atoms with E-state index in [0.717, 1.165) is 0 Å². The average molecular weight is 496 g/mol. The lowest BCUT2D eigenvalue weighted by molar-refractivity contribution is 0.463. The van der Waals surface area contributed by atoms with Gasteiger partial charge >= 0.3 is 0 Å². The molecule has 0 saturated heterocycles. The molecule has 1 aliphatic heterocycles. The molecular weight excluding hydrogens is 466 g/mol. The molecule has 0 spiro atoms. The van der Waals surface area contributed by atoms with Crippen molar-refractivity contribution in [2.24, 2.45) is 0 Å². The summed E-state index contributed by atoms with van der Waals surface area (Å²) in [6.07, 6.45) is 0. The van der Waals surface area contributed by atoms with Crippen LogP contribution in [0.15, 0.2) is 77.4 Å². The van der Waals surface area contributed by atoms with Gasteiger partial charge in [-0.15, -0.1) is 0 Å². The summed E-state index contributed by atoms with van der Waals surface area (Å²) in [5.41, 5.74) is 16.9. The first kappa shape index (κ1) is 21.0. The van der Waals surface area contributed by atoms with Crippen LogP contribution in [0.4, 0.5) is 5.69 Å². The van der Waals surface area contributed by atoms with Gasteiger partial charge in [0.2, 0.25) is 0 Å². The number of anilines is 1. The Balaban J connectivity index is 1.55. The molecule has 2 aliphatic carbocycles. The van der Waals surface area contributed by atoms with Gasteiger partial charge in [0.15, 0.2) is 0 Å². The molecule has 166 valence electrons. The van der Waals surface area contributed by atoms with E-state index >= 15 is 0 Å². The summed E-state index contributed by atoms with van der Waals surface area (Å²) in [6.45, 7) is 14.0. The Labute approximate surface area is 206 Å². The van der Waals surface area contributed by atoms with Gasteiger partial charge in [0, 0.05) is 16.9 Å². The normalized spacial score (nSPS) is 19.2. The number of hydrogen-bond acceptors (Lipinski definition) is 1. The first-order chi connectivity index (χ1) is 15.7. The number of rotatable bonds is 2. The number of allylic oxidation sites excluding steroid dienone is 2. The van der Waals surface area contributed by atoms with E-state index in [0.29, 0.717) is 12.0 Å². The predicted octanol–water partition coefficient (Wildman–Crippen LogP) is 8.71. The fourth-order valence-electron chi connectivity index (χ4n) is 6.76. The molecule has 0 amide bonds. The van der Waals surface area contributed by atoms with E-state index < -0.39 is 0 Å². The van der Waals surface area contributed by atoms with Crippen LogP contribution in [-0.2, 0) is 5.41 Å². The second-order valence-electron chi connectivity index (χ2n) is 10.6. The first-order valence-corrected chi connectivity index (χ1v) is 12.6. The van der Waals surface area contributed by atoms with Crippen molar-refractivity contribution in [1.29, 1.82) is 0 Å². The monoisotopic (exact) mass is 495 g/mol. The third-order valence-electron chi connectivity index (χ3n) is 8.58. The average Bonchev–Trinajstić information content (AvgIpc) is 3.37. The van der Waals surface area contributed by atoms with Crippen molar-refractivity contribution in [2.75, 3.05) is 3.93 Å². The molecule has 0 radical (unpaired) electrons. The highest BCUT2D eigenvalue weighted by Crippen LogP contribution is 2.57. The predicted molar refractivity (Wildman–Crippen MR) is 144 cm³/mol. The van der Waals surface area contributed by atoms with Crippen molar-refractivity contribution in [2.45, 2.75) is 58.9 Å². The Morgan fingerprint density at radius 3 is 1.94 bits per heavy atom. The van der Waals surface area contributed by atoms with Gasteiger partial charge in [-0.1, -0.05) is 62.4 Å². The minimum Gasteiger partial charge on any atom is -0.297 e. The molecular formula is C31H30BrN. The van der Waals surface area contributed by atoms with Crippen LogP contribution in [0.25, 0.3) is 16.7 Å². The van der Waals surface area contributed by atoms with Crippen molar-refractivity contribution in [3.8, 4) is 11.1 Å². The Hall–Kier alpha value is -2.58. The lowest BCUT2D eigenvalue weighted by atomic mass is 9.67. The zero-order valence-electron chi connectivity index (χ0n) is 20.3. The van der Waals surface area contributed by atoms with E-state index in [1.165, 1.54) is 66.9 Å². The van der Waals surface area contributed by atoms with E-state index in [1.807, 2.05) is 0 Å². The van der Waals surface area contributed by atoms with Gasteiger partial charge in [-0.2, -0.15) is 0 Å². The summed E-state index contributed by atoms with van der Waals surface area (Å²) >= 11 is 3.92. The van der Waals surface area contributed by atoms with Crippen molar-refractivity contribution < 1.29 is 0 Å². The van der Waals surface area contributed by atoms with E-state index in [4.69, 9.17) is 0 Å². The third-order valence-corrected chi connectivity index (χ3v) is 9.37. The molecule has 0 fully saturated rings. The summed E-state index contributed by atoms with van der Waals surface area (Å²) in [4.78, 5) is 0. The van der Waals surface area contributed by atoms with Crippen LogP contribution >= 0.6 is 16.1 Å². The molecule has 3 aliphatic rings. The fraction of sp³-hybridized carbons (Fsp3) is 0.290. The minimum atomic E-state index is -0.0539. The second kappa shape index (κ2) is 6.96. The van der Waals surface area contributed by atoms with Crippen LogP contribution in [-0.4, -0.2) is 6.04 Å². The van der Waals surface area contributed by atoms with E-state index in [2.05, 4.69) is 122 Å². The topological polar surface area (TPSA) is 3.24 Å². The van der Waals surface area contributed by atoms with Gasteiger partial charge in [0.05, 0.1) is 27.9 Å². The number of halogens is 1. The maximum absolute atomic E-state index is 3.92. The molecule has 0 bridgehead atoms. The lowest BCUT2D eigenvalue weighted by Crippen LogP contribution is -2.28. The number of nitrogens with zero attached hydrogens (tertiary/aromatic N) is 1. The number of fused-ring (bicyclic) bond motifs is 6. The fourth-order valence-corrected chi connectivity index (χ4v) is 7.57. The van der Waals surface area contributed by atoms with Crippen LogP contribution in [0.3, 0.4) is 0 Å². The van der Waals surface area contributed by atoms with Crippen molar-refractivity contribution in [3.05, 3.63) is 105 Å². The molecule has 2 heteroatoms. The van der Waals surface area contributed by atoms with Crippen LogP contribution < -0.4 is 3.93 Å². The van der Waals surface area contributed by atoms with Crippen LogP contribution in [0, 0.1) is 6.92 Å². The highest BCUT2D eigenvalue weighted by atomic mass is 79.9. The molecule has 6 rings (SSSR count). The summed E-state index contributed by atoms with van der Waals surface area (Å²) in [5, 5.41) is 0. The Morgan fingerprint density at radius 2 is 1.33 bits per heavy atom. The summed E-state index contributed by atoms with van der Waals surface area (Å²) in [5.74, 6) is 0.333. The SMILES string of the molecule is CC1=C(C)C2C(=C1C)c1cc(C(C)(C)C3c4ccccc4-c4ccccc43)c(C)cc1N2Br. The van der Waals surface area contributed by atoms with Crippen LogP contribution in [0.2, 0.25) is 0 Å². The van der Waals surface area contributed by atoms with Crippen LogP contribution in [0.5, 0.6) is 0 Å². The number of aryl methyl sites for hydroxylation is 1. The van der Waals surface area contributed by atoms with Gasteiger partial charge in [0.1, 0.15) is 0 Å². The maximum Gasteiger partial charge on any atom is 0.0879 e. The van der Waals surface area contributed by atoms with E-state index in [1.54, 1.807) is 0 Å². The number of hydrogen-bond donors (Lipinski definition) is 0. The molecule has 1 heterocycles.